The highest BCUT2D eigenvalue weighted by atomic mass is 32.2. The molecule has 1 rings (SSSR count). The number of carbonyl (C=O) groups excluding carboxylic acids is 1. The molecule has 0 saturated carbocycles. The average Bonchev–Trinajstić information content (AvgIpc) is 2.50. The van der Waals surface area contributed by atoms with Crippen molar-refractivity contribution < 1.29 is 23.1 Å². The fraction of sp³-hybridized carbons (Fsp3) is 0.733. The maximum atomic E-state index is 12.4. The molecule has 8 heteroatoms. The summed E-state index contributed by atoms with van der Waals surface area (Å²) in [6, 6.07) is -1.86. The highest BCUT2D eigenvalue weighted by Gasteiger charge is 2.37. The van der Waals surface area contributed by atoms with E-state index in [9.17, 15) is 23.1 Å². The SMILES string of the molecule is C/C=C/CC(NC(=O)C1CCCCN1S(=O)(=O)CCC)C(=O)O. The third-order valence-electron chi connectivity index (χ3n) is 3.80. The lowest BCUT2D eigenvalue weighted by Gasteiger charge is -2.34. The molecular formula is C15H26N2O5S. The van der Waals surface area contributed by atoms with E-state index in [4.69, 9.17) is 0 Å². The van der Waals surface area contributed by atoms with Gasteiger partial charge in [0.15, 0.2) is 0 Å². The molecule has 0 bridgehead atoms. The van der Waals surface area contributed by atoms with Crippen molar-refractivity contribution in [1.82, 2.24) is 9.62 Å². The van der Waals surface area contributed by atoms with Crippen LogP contribution in [0.4, 0.5) is 0 Å². The second kappa shape index (κ2) is 9.02. The first-order valence-electron chi connectivity index (χ1n) is 7.97. The number of aliphatic carboxylic acids is 1. The van der Waals surface area contributed by atoms with Crippen molar-refractivity contribution in [2.24, 2.45) is 0 Å². The van der Waals surface area contributed by atoms with E-state index in [-0.39, 0.29) is 12.2 Å². The van der Waals surface area contributed by atoms with Gasteiger partial charge in [-0.15, -0.1) is 0 Å². The molecule has 2 unspecified atom stereocenters. The first kappa shape index (κ1) is 19.6. The van der Waals surface area contributed by atoms with Gasteiger partial charge in [0.2, 0.25) is 15.9 Å². The predicted octanol–water partition coefficient (Wildman–Crippen LogP) is 1.12. The first-order chi connectivity index (χ1) is 10.8. The van der Waals surface area contributed by atoms with Gasteiger partial charge >= 0.3 is 5.97 Å². The van der Waals surface area contributed by atoms with Gasteiger partial charge < -0.3 is 10.4 Å². The number of hydrogen-bond acceptors (Lipinski definition) is 4. The molecule has 132 valence electrons. The standard InChI is InChI=1S/C15H26N2O5S/c1-3-5-8-12(15(19)20)16-14(18)13-9-6-7-10-17(13)23(21,22)11-4-2/h3,5,12-13H,4,6-11H2,1-2H3,(H,16,18)(H,19,20)/b5-3+. The third-order valence-corrected chi connectivity index (χ3v) is 5.87. The van der Waals surface area contributed by atoms with Crippen molar-refractivity contribution in [1.29, 1.82) is 0 Å². The molecule has 7 nitrogen and oxygen atoms in total. The molecule has 1 aliphatic heterocycles. The Morgan fingerprint density at radius 3 is 2.65 bits per heavy atom. The molecule has 0 radical (unpaired) electrons. The zero-order valence-electron chi connectivity index (χ0n) is 13.7. The Bertz CT molecular complexity index is 544. The van der Waals surface area contributed by atoms with Crippen LogP contribution in [0.25, 0.3) is 0 Å². The van der Waals surface area contributed by atoms with E-state index in [0.29, 0.717) is 25.8 Å². The molecule has 0 aromatic carbocycles. The maximum Gasteiger partial charge on any atom is 0.326 e. The van der Waals surface area contributed by atoms with Crippen LogP contribution < -0.4 is 5.32 Å². The molecule has 0 spiro atoms. The van der Waals surface area contributed by atoms with Gasteiger partial charge in [-0.1, -0.05) is 25.5 Å². The highest BCUT2D eigenvalue weighted by molar-refractivity contribution is 7.89. The molecule has 2 N–H and O–H groups in total. The van der Waals surface area contributed by atoms with Crippen LogP contribution in [-0.4, -0.2) is 54.1 Å². The van der Waals surface area contributed by atoms with Gasteiger partial charge in [-0.25, -0.2) is 13.2 Å². The Kier molecular flexibility index (Phi) is 7.70. The van der Waals surface area contributed by atoms with Crippen LogP contribution in [0.15, 0.2) is 12.2 Å². The molecule has 0 aromatic heterocycles. The van der Waals surface area contributed by atoms with E-state index in [2.05, 4.69) is 5.32 Å². The number of piperidine rings is 1. The average molecular weight is 346 g/mol. The van der Waals surface area contributed by atoms with E-state index >= 15 is 0 Å². The minimum Gasteiger partial charge on any atom is -0.480 e. The van der Waals surface area contributed by atoms with E-state index in [0.717, 1.165) is 6.42 Å². The van der Waals surface area contributed by atoms with Gasteiger partial charge in [0.1, 0.15) is 12.1 Å². The molecule has 1 heterocycles. The maximum absolute atomic E-state index is 12.4. The summed E-state index contributed by atoms with van der Waals surface area (Å²) < 4.78 is 25.9. The van der Waals surface area contributed by atoms with Gasteiger partial charge in [0.05, 0.1) is 5.75 Å². The van der Waals surface area contributed by atoms with Crippen molar-refractivity contribution in [3.8, 4) is 0 Å². The van der Waals surface area contributed by atoms with Crippen LogP contribution in [0, 0.1) is 0 Å². The Balaban J connectivity index is 2.87. The Hall–Kier alpha value is -1.41. The normalized spacial score (nSPS) is 21.2. The zero-order valence-corrected chi connectivity index (χ0v) is 14.5. The molecule has 1 amide bonds. The van der Waals surface area contributed by atoms with Crippen LogP contribution in [0.3, 0.4) is 0 Å². The number of rotatable bonds is 8. The third kappa shape index (κ3) is 5.62. The fourth-order valence-corrected chi connectivity index (χ4v) is 4.38. The summed E-state index contributed by atoms with van der Waals surface area (Å²) in [5, 5.41) is 11.6. The highest BCUT2D eigenvalue weighted by Crippen LogP contribution is 2.21. The van der Waals surface area contributed by atoms with Crippen LogP contribution in [0.5, 0.6) is 0 Å². The van der Waals surface area contributed by atoms with Crippen molar-refractivity contribution in [3.63, 3.8) is 0 Å². The largest absolute Gasteiger partial charge is 0.480 e. The summed E-state index contributed by atoms with van der Waals surface area (Å²) in [5.74, 6) is -1.66. The number of nitrogens with zero attached hydrogens (tertiary/aromatic N) is 1. The Morgan fingerprint density at radius 1 is 1.39 bits per heavy atom. The fourth-order valence-electron chi connectivity index (χ4n) is 2.64. The summed E-state index contributed by atoms with van der Waals surface area (Å²) in [6.07, 6.45) is 5.91. The topological polar surface area (TPSA) is 104 Å². The second-order valence-corrected chi connectivity index (χ2v) is 7.68. The summed E-state index contributed by atoms with van der Waals surface area (Å²) in [5.41, 5.74) is 0. The lowest BCUT2D eigenvalue weighted by atomic mass is 10.0. The van der Waals surface area contributed by atoms with Gasteiger partial charge in [0, 0.05) is 6.54 Å². The number of carboxylic acid groups (broad SMARTS) is 1. The number of sulfonamides is 1. The smallest absolute Gasteiger partial charge is 0.326 e. The lowest BCUT2D eigenvalue weighted by molar-refractivity contribution is -0.142. The van der Waals surface area contributed by atoms with Gasteiger partial charge in [-0.3, -0.25) is 4.79 Å². The van der Waals surface area contributed by atoms with E-state index in [1.165, 1.54) is 4.31 Å². The summed E-state index contributed by atoms with van der Waals surface area (Å²) in [7, 11) is -3.49. The predicted molar refractivity (Wildman–Crippen MR) is 87.4 cm³/mol. The van der Waals surface area contributed by atoms with Gasteiger partial charge in [-0.2, -0.15) is 4.31 Å². The summed E-state index contributed by atoms with van der Waals surface area (Å²) in [6.45, 7) is 3.85. The van der Waals surface area contributed by atoms with Crippen molar-refractivity contribution in [3.05, 3.63) is 12.2 Å². The lowest BCUT2D eigenvalue weighted by Crippen LogP contribution is -2.55. The number of allylic oxidation sites excluding steroid dienone is 1. The summed E-state index contributed by atoms with van der Waals surface area (Å²) >= 11 is 0. The van der Waals surface area contributed by atoms with Crippen LogP contribution in [0.2, 0.25) is 0 Å². The van der Waals surface area contributed by atoms with Crippen molar-refractivity contribution >= 4 is 21.9 Å². The number of carboxylic acids is 1. The van der Waals surface area contributed by atoms with Crippen LogP contribution in [0.1, 0.15) is 46.0 Å². The monoisotopic (exact) mass is 346 g/mol. The molecular weight excluding hydrogens is 320 g/mol. The van der Waals surface area contributed by atoms with Gasteiger partial charge in [0.25, 0.3) is 0 Å². The molecule has 1 fully saturated rings. The first-order valence-corrected chi connectivity index (χ1v) is 9.58. The molecule has 0 aliphatic carbocycles. The second-order valence-electron chi connectivity index (χ2n) is 5.64. The number of carbonyl (C=O) groups is 2. The Labute approximate surface area is 137 Å². The molecule has 1 saturated heterocycles. The van der Waals surface area contributed by atoms with E-state index in [1.807, 2.05) is 0 Å². The van der Waals surface area contributed by atoms with Crippen molar-refractivity contribution in [2.45, 2.75) is 58.0 Å². The quantitative estimate of drug-likeness (QED) is 0.641. The number of amides is 1. The van der Waals surface area contributed by atoms with E-state index in [1.54, 1.807) is 26.0 Å². The van der Waals surface area contributed by atoms with E-state index < -0.39 is 34.0 Å². The van der Waals surface area contributed by atoms with Crippen molar-refractivity contribution in [2.75, 3.05) is 12.3 Å². The number of nitrogens with one attached hydrogen (secondary N) is 1. The minimum absolute atomic E-state index is 0.00227. The molecule has 23 heavy (non-hydrogen) atoms. The van der Waals surface area contributed by atoms with Crippen LogP contribution >= 0.6 is 0 Å². The number of hydrogen-bond donors (Lipinski definition) is 2. The summed E-state index contributed by atoms with van der Waals surface area (Å²) in [4.78, 5) is 23.7. The molecule has 1 aliphatic rings. The zero-order chi connectivity index (χ0) is 17.5. The van der Waals surface area contributed by atoms with Gasteiger partial charge in [-0.05, 0) is 32.6 Å². The Morgan fingerprint density at radius 2 is 2.09 bits per heavy atom. The minimum atomic E-state index is -3.49. The molecule has 2 atom stereocenters. The van der Waals surface area contributed by atoms with Crippen LogP contribution in [-0.2, 0) is 19.6 Å². The molecule has 0 aromatic rings.